The number of aliphatic hydroxyl groups is 1. The van der Waals surface area contributed by atoms with Crippen molar-refractivity contribution >= 4 is 18.0 Å². The predicted molar refractivity (Wildman–Crippen MR) is 156 cm³/mol. The third-order valence-electron chi connectivity index (χ3n) is 8.90. The lowest BCUT2D eigenvalue weighted by atomic mass is 9.77. The molecule has 0 spiro atoms. The molecule has 45 heavy (non-hydrogen) atoms. The van der Waals surface area contributed by atoms with Gasteiger partial charge in [-0.15, -0.1) is 0 Å². The van der Waals surface area contributed by atoms with E-state index >= 15 is 0 Å². The third kappa shape index (κ3) is 6.54. The maximum Gasteiger partial charge on any atom is 0.338 e. The van der Waals surface area contributed by atoms with Crippen LogP contribution in [0.3, 0.4) is 0 Å². The number of esters is 1. The number of nitrogens with one attached hydrogen (secondary N) is 2. The molecular weight excluding hydrogens is 588 g/mol. The Morgan fingerprint density at radius 1 is 1.11 bits per heavy atom. The Morgan fingerprint density at radius 3 is 2.44 bits per heavy atom. The molecule has 2 aromatic rings. The second kappa shape index (κ2) is 13.3. The number of likely N-dealkylation sites (tertiary alicyclic amines) is 1. The number of imide groups is 1. The van der Waals surface area contributed by atoms with Crippen LogP contribution in [0.2, 0.25) is 0 Å². The Kier molecular flexibility index (Phi) is 9.48. The van der Waals surface area contributed by atoms with Crippen LogP contribution in [0.4, 0.5) is 18.4 Å². The van der Waals surface area contributed by atoms with Crippen molar-refractivity contribution in [3.05, 3.63) is 82.1 Å². The SMILES string of the molecule is COCC1=C(C(=O)OC)C(c2ccc(F)c(F)c2)N(C(=O)NC2CCN(C3CCC(O)(c4ccc(C#N)cc4)CC3)C2)C(=O)N1. The molecule has 2 unspecified atom stereocenters. The monoisotopic (exact) mass is 623 g/mol. The highest BCUT2D eigenvalue weighted by atomic mass is 19.2. The summed E-state index contributed by atoms with van der Waals surface area (Å²) in [6, 6.07) is 8.74. The third-order valence-corrected chi connectivity index (χ3v) is 8.90. The number of ether oxygens (including phenoxy) is 2. The summed E-state index contributed by atoms with van der Waals surface area (Å²) in [6.45, 7) is 0.992. The second-order valence-corrected chi connectivity index (χ2v) is 11.6. The van der Waals surface area contributed by atoms with Crippen LogP contribution in [0, 0.1) is 23.0 Å². The Labute approximate surface area is 259 Å². The molecule has 1 saturated heterocycles. The fourth-order valence-electron chi connectivity index (χ4n) is 6.55. The number of rotatable bonds is 7. The number of halogens is 2. The van der Waals surface area contributed by atoms with Crippen LogP contribution in [0.1, 0.15) is 54.8 Å². The van der Waals surface area contributed by atoms with Gasteiger partial charge in [-0.3, -0.25) is 4.90 Å². The number of hydrogen-bond donors (Lipinski definition) is 3. The smallest absolute Gasteiger partial charge is 0.338 e. The van der Waals surface area contributed by atoms with Gasteiger partial charge in [0, 0.05) is 32.3 Å². The molecule has 11 nitrogen and oxygen atoms in total. The normalized spacial score (nSPS) is 25.5. The zero-order chi connectivity index (χ0) is 32.3. The van der Waals surface area contributed by atoms with E-state index in [1.807, 2.05) is 0 Å². The lowest BCUT2D eigenvalue weighted by Crippen LogP contribution is -2.57. The number of nitriles is 1. The summed E-state index contributed by atoms with van der Waals surface area (Å²) < 4.78 is 38.3. The molecular formula is C32H35F2N5O6. The first-order valence-corrected chi connectivity index (χ1v) is 14.7. The zero-order valence-corrected chi connectivity index (χ0v) is 25.0. The maximum absolute atomic E-state index is 14.4. The van der Waals surface area contributed by atoms with E-state index in [4.69, 9.17) is 14.7 Å². The van der Waals surface area contributed by atoms with Gasteiger partial charge in [0.2, 0.25) is 0 Å². The molecule has 238 valence electrons. The molecule has 2 aliphatic heterocycles. The Bertz CT molecular complexity index is 1530. The number of amides is 4. The minimum atomic E-state index is -1.41. The van der Waals surface area contributed by atoms with Crippen LogP contribution in [-0.4, -0.2) is 78.9 Å². The number of carbonyl (C=O) groups excluding carboxylic acids is 3. The average molecular weight is 624 g/mol. The lowest BCUT2D eigenvalue weighted by molar-refractivity contribution is -0.137. The number of benzene rings is 2. The Hall–Kier alpha value is -4.38. The quantitative estimate of drug-likeness (QED) is 0.397. The predicted octanol–water partition coefficient (Wildman–Crippen LogP) is 3.59. The molecule has 4 amide bonds. The van der Waals surface area contributed by atoms with Crippen LogP contribution >= 0.6 is 0 Å². The van der Waals surface area contributed by atoms with E-state index in [0.717, 1.165) is 42.5 Å². The second-order valence-electron chi connectivity index (χ2n) is 11.6. The molecule has 3 aliphatic rings. The van der Waals surface area contributed by atoms with Crippen molar-refractivity contribution in [1.29, 1.82) is 5.26 Å². The average Bonchev–Trinajstić information content (AvgIpc) is 3.50. The molecule has 1 aliphatic carbocycles. The van der Waals surface area contributed by atoms with Crippen molar-refractivity contribution < 1.29 is 37.7 Å². The first kappa shape index (κ1) is 32.0. The highest BCUT2D eigenvalue weighted by molar-refractivity contribution is 6.01. The largest absolute Gasteiger partial charge is 0.466 e. The molecule has 0 bridgehead atoms. The minimum Gasteiger partial charge on any atom is -0.466 e. The fourth-order valence-corrected chi connectivity index (χ4v) is 6.55. The Morgan fingerprint density at radius 2 is 1.82 bits per heavy atom. The van der Waals surface area contributed by atoms with Gasteiger partial charge < -0.3 is 25.2 Å². The van der Waals surface area contributed by atoms with E-state index in [1.165, 1.54) is 13.2 Å². The summed E-state index contributed by atoms with van der Waals surface area (Å²) in [4.78, 5) is 43.0. The van der Waals surface area contributed by atoms with Gasteiger partial charge in [0.15, 0.2) is 11.6 Å². The van der Waals surface area contributed by atoms with E-state index < -0.39 is 41.3 Å². The van der Waals surface area contributed by atoms with Gasteiger partial charge >= 0.3 is 18.0 Å². The summed E-state index contributed by atoms with van der Waals surface area (Å²) in [5.74, 6) is -3.21. The van der Waals surface area contributed by atoms with Crippen LogP contribution < -0.4 is 10.6 Å². The van der Waals surface area contributed by atoms with Crippen molar-refractivity contribution in [3.8, 4) is 6.07 Å². The number of urea groups is 2. The van der Waals surface area contributed by atoms with Crippen LogP contribution in [0.25, 0.3) is 0 Å². The number of methoxy groups -OCH3 is 2. The molecule has 1 saturated carbocycles. The highest BCUT2D eigenvalue weighted by Gasteiger charge is 2.44. The lowest BCUT2D eigenvalue weighted by Gasteiger charge is -2.40. The van der Waals surface area contributed by atoms with Crippen LogP contribution in [0.15, 0.2) is 53.7 Å². The van der Waals surface area contributed by atoms with Crippen LogP contribution in [-0.2, 0) is 19.9 Å². The first-order valence-electron chi connectivity index (χ1n) is 14.7. The molecule has 2 atom stereocenters. The summed E-state index contributed by atoms with van der Waals surface area (Å²) >= 11 is 0. The van der Waals surface area contributed by atoms with E-state index in [0.29, 0.717) is 37.9 Å². The van der Waals surface area contributed by atoms with Gasteiger partial charge in [-0.25, -0.2) is 28.1 Å². The van der Waals surface area contributed by atoms with Gasteiger partial charge in [-0.1, -0.05) is 18.2 Å². The van der Waals surface area contributed by atoms with Gasteiger partial charge in [0.1, 0.15) is 6.04 Å². The molecule has 0 radical (unpaired) electrons. The summed E-state index contributed by atoms with van der Waals surface area (Å²) in [5, 5.41) is 25.8. The van der Waals surface area contributed by atoms with E-state index in [2.05, 4.69) is 21.6 Å². The molecule has 3 N–H and O–H groups in total. The van der Waals surface area contributed by atoms with Crippen molar-refractivity contribution in [2.45, 2.75) is 55.8 Å². The zero-order valence-electron chi connectivity index (χ0n) is 25.0. The summed E-state index contributed by atoms with van der Waals surface area (Å²) in [7, 11) is 2.48. The number of hydrogen-bond acceptors (Lipinski definition) is 8. The van der Waals surface area contributed by atoms with E-state index in [-0.39, 0.29) is 35.5 Å². The van der Waals surface area contributed by atoms with Crippen molar-refractivity contribution in [2.75, 3.05) is 33.9 Å². The Balaban J connectivity index is 1.30. The molecule has 13 heteroatoms. The van der Waals surface area contributed by atoms with Gasteiger partial charge in [0.05, 0.1) is 42.2 Å². The van der Waals surface area contributed by atoms with Crippen molar-refractivity contribution in [2.24, 2.45) is 0 Å². The van der Waals surface area contributed by atoms with Gasteiger partial charge in [0.25, 0.3) is 0 Å². The number of carbonyl (C=O) groups is 3. The standard InChI is InChI=1S/C32H35F2N5O6/c1-44-18-26-27(29(40)45-2)28(20-5-8-24(33)25(34)15-20)39(31(42)37-26)30(41)36-22-11-14-38(17-22)23-9-12-32(43,13-10-23)21-6-3-19(16-35)4-7-21/h3-8,15,22-23,28,43H,9-14,17-18H2,1-2H3,(H,36,41)(H,37,42). The molecule has 2 heterocycles. The maximum atomic E-state index is 14.4. The van der Waals surface area contributed by atoms with Gasteiger partial charge in [-0.2, -0.15) is 5.26 Å². The van der Waals surface area contributed by atoms with Gasteiger partial charge in [-0.05, 0) is 67.5 Å². The minimum absolute atomic E-state index is 0.00194. The molecule has 5 rings (SSSR count). The van der Waals surface area contributed by atoms with Crippen LogP contribution in [0.5, 0.6) is 0 Å². The van der Waals surface area contributed by atoms with E-state index in [9.17, 15) is 28.3 Å². The first-order chi connectivity index (χ1) is 21.6. The molecule has 2 fully saturated rings. The number of nitrogens with zero attached hydrogens (tertiary/aromatic N) is 3. The topological polar surface area (TPSA) is 144 Å². The highest BCUT2D eigenvalue weighted by Crippen LogP contribution is 2.40. The molecule has 2 aromatic carbocycles. The summed E-state index contributed by atoms with van der Waals surface area (Å²) in [5.41, 5.74) is 0.241. The van der Waals surface area contributed by atoms with Crippen molar-refractivity contribution in [1.82, 2.24) is 20.4 Å². The summed E-state index contributed by atoms with van der Waals surface area (Å²) in [6.07, 6.45) is 3.17. The fraction of sp³-hybridized carbons (Fsp3) is 0.438. The molecule has 0 aromatic heterocycles. The van der Waals surface area contributed by atoms with Crippen molar-refractivity contribution in [3.63, 3.8) is 0 Å². The van der Waals surface area contributed by atoms with E-state index in [1.54, 1.807) is 24.3 Å².